The van der Waals surface area contributed by atoms with Crippen molar-refractivity contribution in [2.45, 2.75) is 25.9 Å². The second kappa shape index (κ2) is 7.21. The van der Waals surface area contributed by atoms with E-state index in [0.717, 1.165) is 11.3 Å². The minimum Gasteiger partial charge on any atom is -0.496 e. The Morgan fingerprint density at radius 2 is 2.26 bits per heavy atom. The van der Waals surface area contributed by atoms with Crippen LogP contribution < -0.4 is 10.5 Å². The summed E-state index contributed by atoms with van der Waals surface area (Å²) in [7, 11) is 3.60. The summed E-state index contributed by atoms with van der Waals surface area (Å²) in [6, 6.07) is 5.66. The number of halogens is 1. The van der Waals surface area contributed by atoms with E-state index in [-0.39, 0.29) is 11.9 Å². The standard InChI is InChI=1S/C13H20ClN3O2/c1-9(6-13(15)16-18)17(2)8-10-7-11(14)4-5-12(10)19-3/h4-5,7,9,18H,6,8H2,1-3H3,(H2,15,16). The van der Waals surface area contributed by atoms with Crippen molar-refractivity contribution in [1.29, 1.82) is 0 Å². The van der Waals surface area contributed by atoms with E-state index in [4.69, 9.17) is 27.3 Å². The van der Waals surface area contributed by atoms with Crippen LogP contribution in [0.5, 0.6) is 5.75 Å². The van der Waals surface area contributed by atoms with E-state index in [9.17, 15) is 0 Å². The van der Waals surface area contributed by atoms with Gasteiger partial charge in [0.05, 0.1) is 7.11 Å². The molecule has 3 N–H and O–H groups in total. The number of hydrogen-bond acceptors (Lipinski definition) is 4. The molecule has 0 amide bonds. The second-order valence-corrected chi connectivity index (χ2v) is 4.95. The molecule has 1 aromatic rings. The number of amidine groups is 1. The molecule has 0 aliphatic rings. The Balaban J connectivity index is 2.75. The molecule has 0 aliphatic carbocycles. The van der Waals surface area contributed by atoms with Crippen molar-refractivity contribution in [3.8, 4) is 5.75 Å². The Bertz CT molecular complexity index is 452. The summed E-state index contributed by atoms with van der Waals surface area (Å²) < 4.78 is 5.31. The fraction of sp³-hybridized carbons (Fsp3) is 0.462. The molecule has 0 bridgehead atoms. The zero-order chi connectivity index (χ0) is 14.4. The predicted molar refractivity (Wildman–Crippen MR) is 77.0 cm³/mol. The molecule has 6 heteroatoms. The third-order valence-corrected chi connectivity index (χ3v) is 3.28. The van der Waals surface area contributed by atoms with Crippen LogP contribution in [0.1, 0.15) is 18.9 Å². The molecule has 1 rings (SSSR count). The van der Waals surface area contributed by atoms with Gasteiger partial charge in [-0.2, -0.15) is 0 Å². The van der Waals surface area contributed by atoms with Crippen LogP contribution in [0.2, 0.25) is 5.02 Å². The third-order valence-electron chi connectivity index (χ3n) is 3.05. The topological polar surface area (TPSA) is 71.1 Å². The smallest absolute Gasteiger partial charge is 0.140 e. The van der Waals surface area contributed by atoms with Crippen LogP contribution in [0.4, 0.5) is 0 Å². The number of oxime groups is 1. The molecular weight excluding hydrogens is 266 g/mol. The molecule has 0 aliphatic heterocycles. The van der Waals surface area contributed by atoms with E-state index in [1.165, 1.54) is 0 Å². The SMILES string of the molecule is COc1ccc(Cl)cc1CN(C)C(C)CC(N)=NO. The molecule has 1 aromatic carbocycles. The van der Waals surface area contributed by atoms with E-state index >= 15 is 0 Å². The lowest BCUT2D eigenvalue weighted by atomic mass is 10.1. The molecule has 1 unspecified atom stereocenters. The van der Waals surface area contributed by atoms with Crippen LogP contribution in [-0.2, 0) is 6.54 Å². The average Bonchev–Trinajstić information content (AvgIpc) is 2.38. The summed E-state index contributed by atoms with van der Waals surface area (Å²) in [4.78, 5) is 2.09. The maximum absolute atomic E-state index is 8.58. The van der Waals surface area contributed by atoms with Gasteiger partial charge in [0, 0.05) is 29.6 Å². The summed E-state index contributed by atoms with van der Waals surface area (Å²) in [5.41, 5.74) is 6.52. The first kappa shape index (κ1) is 15.6. The minimum absolute atomic E-state index is 0.139. The number of benzene rings is 1. The molecule has 0 radical (unpaired) electrons. The molecule has 0 heterocycles. The van der Waals surface area contributed by atoms with Crippen molar-refractivity contribution in [3.63, 3.8) is 0 Å². The molecule has 0 fully saturated rings. The average molecular weight is 286 g/mol. The molecule has 106 valence electrons. The summed E-state index contributed by atoms with van der Waals surface area (Å²) in [6.07, 6.45) is 0.496. The van der Waals surface area contributed by atoms with Crippen LogP contribution in [0.3, 0.4) is 0 Å². The first-order valence-corrected chi connectivity index (χ1v) is 6.34. The van der Waals surface area contributed by atoms with Gasteiger partial charge in [-0.15, -0.1) is 0 Å². The number of nitrogens with zero attached hydrogens (tertiary/aromatic N) is 2. The number of methoxy groups -OCH3 is 1. The van der Waals surface area contributed by atoms with E-state index < -0.39 is 0 Å². The molecule has 5 nitrogen and oxygen atoms in total. The van der Waals surface area contributed by atoms with Crippen molar-refractivity contribution >= 4 is 17.4 Å². The van der Waals surface area contributed by atoms with E-state index in [1.54, 1.807) is 13.2 Å². The van der Waals surface area contributed by atoms with E-state index in [2.05, 4.69) is 10.1 Å². The normalized spacial score (nSPS) is 13.6. The predicted octanol–water partition coefficient (Wildman–Crippen LogP) is 2.31. The molecular formula is C13H20ClN3O2. The van der Waals surface area contributed by atoms with Gasteiger partial charge in [-0.05, 0) is 32.2 Å². The van der Waals surface area contributed by atoms with Gasteiger partial charge in [0.2, 0.25) is 0 Å². The third kappa shape index (κ3) is 4.61. The van der Waals surface area contributed by atoms with Crippen molar-refractivity contribution in [1.82, 2.24) is 4.90 Å². The summed E-state index contributed by atoms with van der Waals surface area (Å²) >= 11 is 6.00. The van der Waals surface area contributed by atoms with Crippen LogP contribution >= 0.6 is 11.6 Å². The van der Waals surface area contributed by atoms with E-state index in [1.807, 2.05) is 26.1 Å². The van der Waals surface area contributed by atoms with Gasteiger partial charge in [0.1, 0.15) is 11.6 Å². The van der Waals surface area contributed by atoms with Gasteiger partial charge >= 0.3 is 0 Å². The fourth-order valence-electron chi connectivity index (χ4n) is 1.79. The molecule has 1 atom stereocenters. The fourth-order valence-corrected chi connectivity index (χ4v) is 1.99. The second-order valence-electron chi connectivity index (χ2n) is 4.52. The lowest BCUT2D eigenvalue weighted by Gasteiger charge is -2.25. The molecule has 0 saturated heterocycles. The van der Waals surface area contributed by atoms with Crippen LogP contribution in [0, 0.1) is 0 Å². The maximum Gasteiger partial charge on any atom is 0.140 e. The summed E-state index contributed by atoms with van der Waals surface area (Å²) in [5, 5.41) is 12.2. The Hall–Kier alpha value is -1.46. The van der Waals surface area contributed by atoms with E-state index in [0.29, 0.717) is 18.0 Å². The number of rotatable bonds is 6. The quantitative estimate of drug-likeness (QED) is 0.364. The van der Waals surface area contributed by atoms with Gasteiger partial charge in [-0.1, -0.05) is 16.8 Å². The molecule has 0 spiro atoms. The lowest BCUT2D eigenvalue weighted by molar-refractivity contribution is 0.247. The number of ether oxygens (including phenoxy) is 1. The first-order chi connectivity index (χ1) is 8.97. The number of nitrogens with two attached hydrogens (primary N) is 1. The Morgan fingerprint density at radius 3 is 2.84 bits per heavy atom. The van der Waals surface area contributed by atoms with Crippen molar-refractivity contribution in [2.24, 2.45) is 10.9 Å². The van der Waals surface area contributed by atoms with Crippen molar-refractivity contribution in [2.75, 3.05) is 14.2 Å². The van der Waals surface area contributed by atoms with Crippen LogP contribution in [0.15, 0.2) is 23.4 Å². The highest BCUT2D eigenvalue weighted by atomic mass is 35.5. The zero-order valence-electron chi connectivity index (χ0n) is 11.4. The maximum atomic E-state index is 8.58. The van der Waals surface area contributed by atoms with Crippen molar-refractivity contribution < 1.29 is 9.94 Å². The summed E-state index contributed by atoms with van der Waals surface area (Å²) in [6.45, 7) is 2.68. The monoisotopic (exact) mass is 285 g/mol. The molecule has 0 aromatic heterocycles. The van der Waals surface area contributed by atoms with Gasteiger partial charge in [0.15, 0.2) is 0 Å². The Labute approximate surface area is 118 Å². The highest BCUT2D eigenvalue weighted by molar-refractivity contribution is 6.30. The first-order valence-electron chi connectivity index (χ1n) is 5.97. The number of hydrogen-bond donors (Lipinski definition) is 2. The van der Waals surface area contributed by atoms with Crippen molar-refractivity contribution in [3.05, 3.63) is 28.8 Å². The van der Waals surface area contributed by atoms with Gasteiger partial charge in [-0.25, -0.2) is 0 Å². The largest absolute Gasteiger partial charge is 0.496 e. The van der Waals surface area contributed by atoms with Gasteiger partial charge in [-0.3, -0.25) is 4.90 Å². The van der Waals surface area contributed by atoms with Gasteiger partial charge in [0.25, 0.3) is 0 Å². The van der Waals surface area contributed by atoms with Crippen LogP contribution in [-0.4, -0.2) is 36.1 Å². The minimum atomic E-state index is 0.139. The highest BCUT2D eigenvalue weighted by Gasteiger charge is 2.14. The Morgan fingerprint density at radius 1 is 1.58 bits per heavy atom. The lowest BCUT2D eigenvalue weighted by Crippen LogP contribution is -2.32. The van der Waals surface area contributed by atoms with Crippen LogP contribution in [0.25, 0.3) is 0 Å². The highest BCUT2D eigenvalue weighted by Crippen LogP contribution is 2.24. The molecule has 0 saturated carbocycles. The zero-order valence-corrected chi connectivity index (χ0v) is 12.2. The summed E-state index contributed by atoms with van der Waals surface area (Å²) in [5.74, 6) is 1.02. The molecule has 19 heavy (non-hydrogen) atoms. The van der Waals surface area contributed by atoms with Gasteiger partial charge < -0.3 is 15.7 Å². The Kier molecular flexibility index (Phi) is 5.92.